The average molecular weight is 293 g/mol. The van der Waals surface area contributed by atoms with Gasteiger partial charge in [-0.3, -0.25) is 0 Å². The van der Waals surface area contributed by atoms with Crippen LogP contribution in [0.4, 0.5) is 0 Å². The molecule has 2 atom stereocenters. The van der Waals surface area contributed by atoms with Gasteiger partial charge in [-0.2, -0.15) is 4.31 Å². The Morgan fingerprint density at radius 3 is 2.40 bits per heavy atom. The molecule has 1 saturated heterocycles. The number of sulfonamides is 1. The zero-order valence-electron chi connectivity index (χ0n) is 12.3. The van der Waals surface area contributed by atoms with E-state index in [4.69, 9.17) is 0 Å². The number of hydrogen-bond acceptors (Lipinski definition) is 2. The van der Waals surface area contributed by atoms with E-state index in [2.05, 4.69) is 13.8 Å². The minimum atomic E-state index is -3.32. The largest absolute Gasteiger partial charge is 0.243 e. The van der Waals surface area contributed by atoms with Gasteiger partial charge in [0.1, 0.15) is 0 Å². The van der Waals surface area contributed by atoms with Gasteiger partial charge in [0.2, 0.25) is 10.0 Å². The van der Waals surface area contributed by atoms with E-state index < -0.39 is 10.0 Å². The Kier molecular flexibility index (Phi) is 3.63. The number of aryl methyl sites for hydroxylation is 2. The van der Waals surface area contributed by atoms with Crippen molar-refractivity contribution in [2.45, 2.75) is 44.4 Å². The topological polar surface area (TPSA) is 37.4 Å². The van der Waals surface area contributed by atoms with E-state index in [1.54, 1.807) is 10.4 Å². The molecule has 1 heterocycles. The fourth-order valence-corrected chi connectivity index (χ4v) is 5.39. The summed E-state index contributed by atoms with van der Waals surface area (Å²) in [5.41, 5.74) is 2.55. The van der Waals surface area contributed by atoms with Crippen LogP contribution in [0.25, 0.3) is 0 Å². The summed E-state index contributed by atoms with van der Waals surface area (Å²) in [6, 6.07) is 5.71. The average Bonchev–Trinajstić information content (AvgIpc) is 2.84. The number of nitrogens with zero attached hydrogens (tertiary/aromatic N) is 1. The van der Waals surface area contributed by atoms with E-state index in [-0.39, 0.29) is 0 Å². The summed E-state index contributed by atoms with van der Waals surface area (Å²) in [4.78, 5) is 0.486. The molecule has 2 aliphatic rings. The first-order valence-corrected chi connectivity index (χ1v) is 9.03. The molecule has 0 N–H and O–H groups in total. The number of fused-ring (bicyclic) bond motifs is 1. The number of rotatable bonds is 2. The van der Waals surface area contributed by atoms with Crippen LogP contribution in [-0.2, 0) is 22.9 Å². The third kappa shape index (κ3) is 2.51. The van der Waals surface area contributed by atoms with Crippen LogP contribution in [0.5, 0.6) is 0 Å². The van der Waals surface area contributed by atoms with Gasteiger partial charge >= 0.3 is 0 Å². The minimum absolute atomic E-state index is 0.447. The molecule has 1 aromatic rings. The normalized spacial score (nSPS) is 27.5. The lowest BCUT2D eigenvalue weighted by atomic mass is 9.94. The zero-order chi connectivity index (χ0) is 14.3. The van der Waals surface area contributed by atoms with Gasteiger partial charge in [0.25, 0.3) is 0 Å². The molecule has 0 unspecified atom stereocenters. The molecule has 0 spiro atoms. The van der Waals surface area contributed by atoms with Crippen molar-refractivity contribution in [2.24, 2.45) is 11.8 Å². The van der Waals surface area contributed by atoms with Crippen molar-refractivity contribution in [1.82, 2.24) is 4.31 Å². The summed E-state index contributed by atoms with van der Waals surface area (Å²) in [6.45, 7) is 5.59. The quantitative estimate of drug-likeness (QED) is 0.841. The molecule has 1 aliphatic heterocycles. The van der Waals surface area contributed by atoms with Crippen molar-refractivity contribution in [2.75, 3.05) is 13.1 Å². The maximum absolute atomic E-state index is 12.8. The maximum Gasteiger partial charge on any atom is 0.243 e. The molecule has 3 rings (SSSR count). The van der Waals surface area contributed by atoms with Gasteiger partial charge in [-0.1, -0.05) is 19.9 Å². The maximum atomic E-state index is 12.8. The third-order valence-electron chi connectivity index (χ3n) is 4.54. The van der Waals surface area contributed by atoms with Crippen molar-refractivity contribution >= 4 is 10.0 Å². The van der Waals surface area contributed by atoms with Crippen LogP contribution in [0.15, 0.2) is 23.1 Å². The molecule has 1 fully saturated rings. The predicted molar refractivity (Wildman–Crippen MR) is 80.2 cm³/mol. The van der Waals surface area contributed by atoms with Crippen LogP contribution in [0.2, 0.25) is 0 Å². The van der Waals surface area contributed by atoms with E-state index in [0.29, 0.717) is 29.8 Å². The lowest BCUT2D eigenvalue weighted by Crippen LogP contribution is -2.42. The highest BCUT2D eigenvalue weighted by atomic mass is 32.2. The molecule has 20 heavy (non-hydrogen) atoms. The van der Waals surface area contributed by atoms with Gasteiger partial charge in [0.05, 0.1) is 4.90 Å². The molecule has 0 radical (unpaired) electrons. The number of hydrogen-bond donors (Lipinski definition) is 0. The lowest BCUT2D eigenvalue weighted by Gasteiger charge is -2.34. The first kappa shape index (κ1) is 14.1. The Hall–Kier alpha value is -0.870. The number of benzene rings is 1. The Balaban J connectivity index is 1.91. The highest BCUT2D eigenvalue weighted by molar-refractivity contribution is 7.89. The molecule has 0 saturated carbocycles. The van der Waals surface area contributed by atoms with E-state index in [0.717, 1.165) is 25.7 Å². The van der Waals surface area contributed by atoms with Crippen LogP contribution in [-0.4, -0.2) is 25.8 Å². The third-order valence-corrected chi connectivity index (χ3v) is 6.37. The molecule has 1 aromatic carbocycles. The van der Waals surface area contributed by atoms with Crippen molar-refractivity contribution in [3.63, 3.8) is 0 Å². The van der Waals surface area contributed by atoms with E-state index in [1.165, 1.54) is 11.1 Å². The SMILES string of the molecule is C[C@H]1C[C@H](C)CN(S(=O)(=O)c2ccc3c(c2)CCC3)C1. The van der Waals surface area contributed by atoms with E-state index >= 15 is 0 Å². The molecule has 4 heteroatoms. The molecule has 0 aromatic heterocycles. The zero-order valence-corrected chi connectivity index (χ0v) is 13.1. The highest BCUT2D eigenvalue weighted by Gasteiger charge is 2.32. The van der Waals surface area contributed by atoms with Crippen LogP contribution in [0.3, 0.4) is 0 Å². The summed E-state index contributed by atoms with van der Waals surface area (Å²) < 4.78 is 27.3. The second kappa shape index (κ2) is 5.15. The summed E-state index contributed by atoms with van der Waals surface area (Å²) in [6.07, 6.45) is 4.38. The van der Waals surface area contributed by atoms with Crippen molar-refractivity contribution in [3.05, 3.63) is 29.3 Å². The van der Waals surface area contributed by atoms with Gasteiger partial charge in [-0.25, -0.2) is 8.42 Å². The fourth-order valence-electron chi connectivity index (χ4n) is 3.66. The van der Waals surface area contributed by atoms with Crippen molar-refractivity contribution in [1.29, 1.82) is 0 Å². The minimum Gasteiger partial charge on any atom is -0.207 e. The van der Waals surface area contributed by atoms with E-state index in [9.17, 15) is 8.42 Å². The Labute approximate surface area is 122 Å². The van der Waals surface area contributed by atoms with Crippen molar-refractivity contribution < 1.29 is 8.42 Å². The fraction of sp³-hybridized carbons (Fsp3) is 0.625. The molecule has 0 amide bonds. The molecule has 3 nitrogen and oxygen atoms in total. The Morgan fingerprint density at radius 1 is 1.05 bits per heavy atom. The molecule has 0 bridgehead atoms. The van der Waals surface area contributed by atoms with Gasteiger partial charge < -0.3 is 0 Å². The molecular formula is C16H23NO2S. The Morgan fingerprint density at radius 2 is 1.70 bits per heavy atom. The first-order valence-electron chi connectivity index (χ1n) is 7.59. The van der Waals surface area contributed by atoms with Gasteiger partial charge in [0, 0.05) is 13.1 Å². The second-order valence-corrected chi connectivity index (χ2v) is 8.49. The molecule has 110 valence electrons. The van der Waals surface area contributed by atoms with Crippen LogP contribution >= 0.6 is 0 Å². The standard InChI is InChI=1S/C16H23NO2S/c1-12-8-13(2)11-17(10-12)20(18,19)16-7-6-14-4-3-5-15(14)9-16/h6-7,9,12-13H,3-5,8,10-11H2,1-2H3/t12-,13-/m0/s1. The molecular weight excluding hydrogens is 270 g/mol. The van der Waals surface area contributed by atoms with E-state index in [1.807, 2.05) is 12.1 Å². The molecule has 1 aliphatic carbocycles. The number of piperidine rings is 1. The van der Waals surface area contributed by atoms with Gasteiger partial charge in [-0.15, -0.1) is 0 Å². The van der Waals surface area contributed by atoms with Crippen LogP contribution in [0.1, 0.15) is 37.8 Å². The van der Waals surface area contributed by atoms with Crippen LogP contribution < -0.4 is 0 Å². The first-order chi connectivity index (χ1) is 9.46. The van der Waals surface area contributed by atoms with Crippen molar-refractivity contribution in [3.8, 4) is 0 Å². The summed E-state index contributed by atoms with van der Waals surface area (Å²) in [7, 11) is -3.32. The summed E-state index contributed by atoms with van der Waals surface area (Å²) in [5.74, 6) is 0.894. The summed E-state index contributed by atoms with van der Waals surface area (Å²) >= 11 is 0. The smallest absolute Gasteiger partial charge is 0.207 e. The summed E-state index contributed by atoms with van der Waals surface area (Å²) in [5, 5.41) is 0. The monoisotopic (exact) mass is 293 g/mol. The van der Waals surface area contributed by atoms with Gasteiger partial charge in [-0.05, 0) is 60.8 Å². The van der Waals surface area contributed by atoms with Crippen LogP contribution in [0, 0.1) is 11.8 Å². The predicted octanol–water partition coefficient (Wildman–Crippen LogP) is 2.84. The van der Waals surface area contributed by atoms with Gasteiger partial charge in [0.15, 0.2) is 0 Å². The Bertz CT molecular complexity index is 599. The lowest BCUT2D eigenvalue weighted by molar-refractivity contribution is 0.222. The highest BCUT2D eigenvalue weighted by Crippen LogP contribution is 2.29. The second-order valence-electron chi connectivity index (χ2n) is 6.55.